The van der Waals surface area contributed by atoms with Gasteiger partial charge in [-0.3, -0.25) is 14.5 Å². The van der Waals surface area contributed by atoms with Crippen LogP contribution in [-0.2, 0) is 16.1 Å². The van der Waals surface area contributed by atoms with Crippen molar-refractivity contribution < 1.29 is 9.59 Å². The van der Waals surface area contributed by atoms with E-state index in [9.17, 15) is 9.59 Å². The number of benzene rings is 1. The number of carbonyl (C=O) groups excluding carboxylic acids is 2. The van der Waals surface area contributed by atoms with E-state index >= 15 is 0 Å². The van der Waals surface area contributed by atoms with Gasteiger partial charge in [0.15, 0.2) is 0 Å². The molecule has 6 nitrogen and oxygen atoms in total. The Kier molecular flexibility index (Phi) is 6.73. The van der Waals surface area contributed by atoms with Crippen LogP contribution in [0.4, 0.5) is 0 Å². The summed E-state index contributed by atoms with van der Waals surface area (Å²) in [5.41, 5.74) is 0.965. The number of likely N-dealkylation sites (tertiary alicyclic amines) is 1. The van der Waals surface area contributed by atoms with Crippen LogP contribution < -0.4 is 5.32 Å². The van der Waals surface area contributed by atoms with Gasteiger partial charge in [-0.1, -0.05) is 37.3 Å². The molecule has 3 rings (SSSR count). The summed E-state index contributed by atoms with van der Waals surface area (Å²) in [5, 5.41) is 3.14. The fourth-order valence-electron chi connectivity index (χ4n) is 4.19. The standard InChI is InChI=1S/C22H34N4O2/c1-4-24-12-14-25(15-13-24)22(2,3)17-23-21(28)19-10-11-20(27)26(19)16-18-8-6-5-7-9-18/h5-9,19H,4,10-17H2,1-3H3,(H,23,28). The topological polar surface area (TPSA) is 55.9 Å². The van der Waals surface area contributed by atoms with Crippen LogP contribution in [0.1, 0.15) is 39.2 Å². The summed E-state index contributed by atoms with van der Waals surface area (Å²) in [4.78, 5) is 31.9. The van der Waals surface area contributed by atoms with E-state index in [4.69, 9.17) is 0 Å². The van der Waals surface area contributed by atoms with Crippen molar-refractivity contribution in [1.29, 1.82) is 0 Å². The van der Waals surface area contributed by atoms with Gasteiger partial charge >= 0.3 is 0 Å². The van der Waals surface area contributed by atoms with Crippen molar-refractivity contribution in [2.45, 2.75) is 51.7 Å². The number of amides is 2. The second kappa shape index (κ2) is 9.05. The summed E-state index contributed by atoms with van der Waals surface area (Å²) < 4.78 is 0. The van der Waals surface area contributed by atoms with Crippen molar-refractivity contribution in [1.82, 2.24) is 20.0 Å². The van der Waals surface area contributed by atoms with Gasteiger partial charge in [-0.2, -0.15) is 0 Å². The van der Waals surface area contributed by atoms with Crippen LogP contribution in [0.25, 0.3) is 0 Å². The molecule has 6 heteroatoms. The summed E-state index contributed by atoms with van der Waals surface area (Å²) in [6.07, 6.45) is 1.06. The summed E-state index contributed by atoms with van der Waals surface area (Å²) in [6, 6.07) is 9.53. The van der Waals surface area contributed by atoms with E-state index in [2.05, 4.69) is 35.9 Å². The molecule has 2 heterocycles. The summed E-state index contributed by atoms with van der Waals surface area (Å²) in [7, 11) is 0. The molecule has 0 aliphatic carbocycles. The molecule has 1 aromatic rings. The van der Waals surface area contributed by atoms with E-state index in [1.807, 2.05) is 30.3 Å². The molecule has 0 saturated carbocycles. The normalized spacial score (nSPS) is 21.9. The molecular formula is C22H34N4O2. The van der Waals surface area contributed by atoms with Crippen LogP contribution in [0.15, 0.2) is 30.3 Å². The molecule has 2 aliphatic heterocycles. The van der Waals surface area contributed by atoms with Crippen LogP contribution in [0.2, 0.25) is 0 Å². The lowest BCUT2D eigenvalue weighted by Crippen LogP contribution is -2.59. The third-order valence-electron chi connectivity index (χ3n) is 6.20. The Hall–Kier alpha value is -1.92. The zero-order valence-corrected chi connectivity index (χ0v) is 17.5. The highest BCUT2D eigenvalue weighted by Crippen LogP contribution is 2.22. The van der Waals surface area contributed by atoms with Gasteiger partial charge in [-0.15, -0.1) is 0 Å². The fraction of sp³-hybridized carbons (Fsp3) is 0.636. The molecule has 2 amide bonds. The van der Waals surface area contributed by atoms with Crippen LogP contribution in [0.3, 0.4) is 0 Å². The summed E-state index contributed by atoms with van der Waals surface area (Å²) >= 11 is 0. The number of hydrogen-bond acceptors (Lipinski definition) is 4. The zero-order valence-electron chi connectivity index (χ0n) is 17.5. The molecule has 28 heavy (non-hydrogen) atoms. The predicted molar refractivity (Wildman–Crippen MR) is 111 cm³/mol. The fourth-order valence-corrected chi connectivity index (χ4v) is 4.19. The van der Waals surface area contributed by atoms with Gasteiger partial charge in [0.2, 0.25) is 11.8 Å². The van der Waals surface area contributed by atoms with Gasteiger partial charge in [0, 0.05) is 51.2 Å². The summed E-state index contributed by atoms with van der Waals surface area (Å²) in [5.74, 6) is 0.0426. The Morgan fingerprint density at radius 1 is 1.14 bits per heavy atom. The molecule has 1 unspecified atom stereocenters. The van der Waals surface area contributed by atoms with E-state index < -0.39 is 0 Å². The molecule has 0 radical (unpaired) electrons. The molecule has 0 spiro atoms. The molecule has 0 aromatic heterocycles. The van der Waals surface area contributed by atoms with Crippen LogP contribution in [0, 0.1) is 0 Å². The zero-order chi connectivity index (χ0) is 20.1. The average Bonchev–Trinajstić information content (AvgIpc) is 3.07. The number of rotatable bonds is 7. The maximum atomic E-state index is 12.9. The molecule has 2 fully saturated rings. The number of carbonyl (C=O) groups is 2. The molecule has 2 saturated heterocycles. The van der Waals surface area contributed by atoms with Crippen molar-refractivity contribution in [3.05, 3.63) is 35.9 Å². The van der Waals surface area contributed by atoms with Gasteiger partial charge in [-0.05, 0) is 32.4 Å². The average molecular weight is 387 g/mol. The van der Waals surface area contributed by atoms with Crippen molar-refractivity contribution in [3.63, 3.8) is 0 Å². The molecular weight excluding hydrogens is 352 g/mol. The Morgan fingerprint density at radius 3 is 2.46 bits per heavy atom. The maximum absolute atomic E-state index is 12.9. The van der Waals surface area contributed by atoms with Gasteiger partial charge in [-0.25, -0.2) is 0 Å². The predicted octanol–water partition coefficient (Wildman–Crippen LogP) is 1.71. The molecule has 0 bridgehead atoms. The SMILES string of the molecule is CCN1CCN(C(C)(C)CNC(=O)C2CCC(=O)N2Cc2ccccc2)CC1. The second-order valence-corrected chi connectivity index (χ2v) is 8.51. The smallest absolute Gasteiger partial charge is 0.242 e. The third kappa shape index (κ3) is 4.92. The molecule has 154 valence electrons. The van der Waals surface area contributed by atoms with Crippen molar-refractivity contribution in [2.75, 3.05) is 39.3 Å². The Morgan fingerprint density at radius 2 is 1.82 bits per heavy atom. The number of likely N-dealkylation sites (N-methyl/N-ethyl adjacent to an activating group) is 1. The third-order valence-corrected chi connectivity index (χ3v) is 6.20. The van der Waals surface area contributed by atoms with Crippen molar-refractivity contribution >= 4 is 11.8 Å². The Balaban J connectivity index is 1.55. The lowest BCUT2D eigenvalue weighted by Gasteiger charge is -2.44. The minimum Gasteiger partial charge on any atom is -0.352 e. The molecule has 1 N–H and O–H groups in total. The largest absolute Gasteiger partial charge is 0.352 e. The number of piperazine rings is 1. The van der Waals surface area contributed by atoms with Crippen molar-refractivity contribution in [3.8, 4) is 0 Å². The van der Waals surface area contributed by atoms with Crippen molar-refractivity contribution in [2.24, 2.45) is 0 Å². The quantitative estimate of drug-likeness (QED) is 0.775. The molecule has 1 aromatic carbocycles. The van der Waals surface area contributed by atoms with E-state index in [1.165, 1.54) is 0 Å². The van der Waals surface area contributed by atoms with E-state index in [0.29, 0.717) is 25.9 Å². The minimum atomic E-state index is -0.361. The number of nitrogens with zero attached hydrogens (tertiary/aromatic N) is 3. The first kappa shape index (κ1) is 20.8. The van der Waals surface area contributed by atoms with Gasteiger partial charge in [0.05, 0.1) is 0 Å². The van der Waals surface area contributed by atoms with Gasteiger partial charge < -0.3 is 15.1 Å². The highest BCUT2D eigenvalue weighted by atomic mass is 16.2. The van der Waals surface area contributed by atoms with Crippen LogP contribution >= 0.6 is 0 Å². The second-order valence-electron chi connectivity index (χ2n) is 8.51. The molecule has 2 aliphatic rings. The number of nitrogens with one attached hydrogen (secondary N) is 1. The Bertz CT molecular complexity index is 668. The van der Waals surface area contributed by atoms with E-state index in [-0.39, 0.29) is 23.4 Å². The Labute approximate surface area is 168 Å². The number of hydrogen-bond donors (Lipinski definition) is 1. The van der Waals surface area contributed by atoms with Gasteiger partial charge in [0.1, 0.15) is 6.04 Å². The molecule has 1 atom stereocenters. The van der Waals surface area contributed by atoms with Crippen LogP contribution in [-0.4, -0.2) is 77.4 Å². The first-order valence-corrected chi connectivity index (χ1v) is 10.5. The highest BCUT2D eigenvalue weighted by molar-refractivity contribution is 5.90. The lowest BCUT2D eigenvalue weighted by atomic mass is 10.0. The maximum Gasteiger partial charge on any atom is 0.242 e. The lowest BCUT2D eigenvalue weighted by molar-refractivity contribution is -0.136. The monoisotopic (exact) mass is 386 g/mol. The van der Waals surface area contributed by atoms with E-state index in [1.54, 1.807) is 4.90 Å². The first-order chi connectivity index (χ1) is 13.4. The summed E-state index contributed by atoms with van der Waals surface area (Å²) in [6.45, 7) is 13.0. The first-order valence-electron chi connectivity index (χ1n) is 10.5. The van der Waals surface area contributed by atoms with Gasteiger partial charge in [0.25, 0.3) is 0 Å². The minimum absolute atomic E-state index is 0.0259. The van der Waals surface area contributed by atoms with E-state index in [0.717, 1.165) is 38.3 Å². The highest BCUT2D eigenvalue weighted by Gasteiger charge is 2.37. The van der Waals surface area contributed by atoms with Crippen LogP contribution in [0.5, 0.6) is 0 Å².